The molecule has 13 nitrogen and oxygen atoms in total. The van der Waals surface area contributed by atoms with E-state index < -0.39 is 40.0 Å². The molecule has 0 bridgehead atoms. The third-order valence-electron chi connectivity index (χ3n) is 5.25. The van der Waals surface area contributed by atoms with Crippen molar-refractivity contribution < 1.29 is 32.6 Å². The van der Waals surface area contributed by atoms with Crippen LogP contribution in [-0.2, 0) is 14.8 Å². The number of carboxylic acid groups (broad SMARTS) is 1. The molecule has 0 aliphatic carbocycles. The van der Waals surface area contributed by atoms with Gasteiger partial charge in [0.25, 0.3) is 11.5 Å². The minimum absolute atomic E-state index is 0.0287. The molecule has 0 radical (unpaired) electrons. The summed E-state index contributed by atoms with van der Waals surface area (Å²) >= 11 is 0. The van der Waals surface area contributed by atoms with Crippen LogP contribution in [0.15, 0.2) is 70.5 Å². The topological polar surface area (TPSA) is 184 Å². The smallest absolute Gasteiger partial charge is 0.323 e. The van der Waals surface area contributed by atoms with Gasteiger partial charge in [0.1, 0.15) is 11.8 Å². The predicted molar refractivity (Wildman–Crippen MR) is 137 cm³/mol. The number of sulfonamides is 1. The summed E-state index contributed by atoms with van der Waals surface area (Å²) in [6, 6.07) is 11.0. The molecule has 0 fully saturated rings. The van der Waals surface area contributed by atoms with Crippen LogP contribution in [0.2, 0.25) is 0 Å². The van der Waals surface area contributed by atoms with E-state index in [-0.39, 0.29) is 16.5 Å². The minimum Gasteiger partial charge on any atom is -0.492 e. The van der Waals surface area contributed by atoms with Gasteiger partial charge < -0.3 is 25.8 Å². The summed E-state index contributed by atoms with van der Waals surface area (Å²) in [7, 11) is -2.63. The zero-order valence-corrected chi connectivity index (χ0v) is 21.2. The number of carboxylic acids is 1. The van der Waals surface area contributed by atoms with Crippen molar-refractivity contribution in [1.82, 2.24) is 25.1 Å². The number of carbonyl (C=O) groups is 3. The molecule has 1 unspecified atom stereocenters. The number of carbonyl (C=O) groups excluding carboxylic acids is 2. The fraction of sp³-hybridized carbons (Fsp3) is 0.250. The van der Waals surface area contributed by atoms with Crippen LogP contribution in [0.5, 0.6) is 5.75 Å². The predicted octanol–water partition coefficient (Wildman–Crippen LogP) is 0.159. The van der Waals surface area contributed by atoms with Crippen LogP contribution in [0.25, 0.3) is 5.52 Å². The van der Waals surface area contributed by atoms with E-state index in [2.05, 4.69) is 20.7 Å². The second kappa shape index (κ2) is 12.7. The van der Waals surface area contributed by atoms with Gasteiger partial charge in [-0.05, 0) is 36.8 Å². The summed E-state index contributed by atoms with van der Waals surface area (Å²) in [5.41, 5.74) is -0.172. The molecule has 0 saturated carbocycles. The van der Waals surface area contributed by atoms with E-state index in [4.69, 9.17) is 4.74 Å². The van der Waals surface area contributed by atoms with Crippen LogP contribution < -0.4 is 31.0 Å². The Kier molecular flexibility index (Phi) is 9.40. The molecule has 1 atom stereocenters. The van der Waals surface area contributed by atoms with Crippen molar-refractivity contribution in [2.24, 2.45) is 0 Å². The maximum absolute atomic E-state index is 12.7. The number of pyridine rings is 2. The molecular weight excluding hydrogens is 518 g/mol. The van der Waals surface area contributed by atoms with Gasteiger partial charge in [0.05, 0.1) is 17.7 Å². The molecule has 1 aromatic carbocycles. The summed E-state index contributed by atoms with van der Waals surface area (Å²) in [4.78, 5) is 47.9. The molecule has 3 aromatic rings. The molecule has 3 rings (SSSR count). The van der Waals surface area contributed by atoms with Crippen LogP contribution in [0.4, 0.5) is 4.79 Å². The van der Waals surface area contributed by atoms with Crippen molar-refractivity contribution >= 4 is 33.4 Å². The molecule has 3 amide bonds. The Hall–Kier alpha value is -4.43. The maximum Gasteiger partial charge on any atom is 0.323 e. The second-order valence-electron chi connectivity index (χ2n) is 7.99. The first-order valence-corrected chi connectivity index (χ1v) is 12.9. The number of hydrogen-bond acceptors (Lipinski definition) is 7. The molecule has 0 aliphatic heterocycles. The zero-order chi connectivity index (χ0) is 27.7. The Bertz CT molecular complexity index is 1470. The minimum atomic E-state index is -4.14. The molecule has 2 aromatic heterocycles. The highest BCUT2D eigenvalue weighted by molar-refractivity contribution is 7.89. The number of aromatic nitrogens is 1. The lowest BCUT2D eigenvalue weighted by atomic mass is 10.2. The maximum atomic E-state index is 12.7. The molecule has 5 N–H and O–H groups in total. The summed E-state index contributed by atoms with van der Waals surface area (Å²) in [5.74, 6) is -1.83. The number of ether oxygens (including phenoxy) is 1. The number of urea groups is 1. The van der Waals surface area contributed by atoms with Gasteiger partial charge in [-0.3, -0.25) is 18.8 Å². The standard InChI is InChI=1S/C24H27N5O8S/c1-25-24(34)26-10-5-11-37-18-9-8-17-12-16(13-21(30)29(17)15-18)22(31)27-14-20(23(32)33)28-38(35,36)19-6-3-2-4-7-19/h2-4,6-9,12-13,15,20,28H,5,10-11,14H2,1H3,(H,27,31)(H,32,33)(H2,25,26,34). The van der Waals surface area contributed by atoms with Crippen molar-refractivity contribution in [3.63, 3.8) is 0 Å². The first-order valence-electron chi connectivity index (χ1n) is 11.4. The van der Waals surface area contributed by atoms with E-state index in [1.807, 2.05) is 0 Å². The Balaban J connectivity index is 1.64. The van der Waals surface area contributed by atoms with Crippen molar-refractivity contribution in [3.05, 3.63) is 76.7 Å². The number of nitrogens with one attached hydrogen (secondary N) is 4. The third-order valence-corrected chi connectivity index (χ3v) is 6.74. The van der Waals surface area contributed by atoms with Gasteiger partial charge in [-0.25, -0.2) is 13.2 Å². The number of amides is 3. The monoisotopic (exact) mass is 545 g/mol. The Morgan fingerprint density at radius 1 is 1.05 bits per heavy atom. The van der Waals surface area contributed by atoms with Crippen molar-refractivity contribution in [2.45, 2.75) is 17.4 Å². The Morgan fingerprint density at radius 2 is 1.79 bits per heavy atom. The average Bonchev–Trinajstić information content (AvgIpc) is 2.90. The molecule has 0 spiro atoms. The summed E-state index contributed by atoms with van der Waals surface area (Å²) in [6.07, 6.45) is 2.00. The number of fused-ring (bicyclic) bond motifs is 1. The number of hydrogen-bond donors (Lipinski definition) is 5. The van der Waals surface area contributed by atoms with Crippen molar-refractivity contribution in [2.75, 3.05) is 26.7 Å². The lowest BCUT2D eigenvalue weighted by Gasteiger charge is -2.16. The van der Waals surface area contributed by atoms with Crippen LogP contribution >= 0.6 is 0 Å². The third kappa shape index (κ3) is 7.54. The van der Waals surface area contributed by atoms with E-state index in [0.29, 0.717) is 30.8 Å². The van der Waals surface area contributed by atoms with Gasteiger partial charge in [-0.15, -0.1) is 0 Å². The molecule has 38 heavy (non-hydrogen) atoms. The highest BCUT2D eigenvalue weighted by Gasteiger charge is 2.26. The molecular formula is C24H27N5O8S. The van der Waals surface area contributed by atoms with Crippen LogP contribution in [-0.4, -0.2) is 68.6 Å². The molecule has 0 saturated heterocycles. The van der Waals surface area contributed by atoms with Crippen LogP contribution in [0, 0.1) is 0 Å². The van der Waals surface area contributed by atoms with E-state index in [1.165, 1.54) is 48.0 Å². The molecule has 0 aliphatic rings. The SMILES string of the molecule is CNC(=O)NCCCOc1ccc2cc(C(=O)NCC(NS(=O)(=O)c3ccccc3)C(=O)O)cc(=O)n2c1. The van der Waals surface area contributed by atoms with E-state index >= 15 is 0 Å². The summed E-state index contributed by atoms with van der Waals surface area (Å²) < 4.78 is 33.8. The first-order chi connectivity index (χ1) is 18.1. The van der Waals surface area contributed by atoms with Gasteiger partial charge in [0.15, 0.2) is 0 Å². The van der Waals surface area contributed by atoms with Gasteiger partial charge in [0.2, 0.25) is 10.0 Å². The highest BCUT2D eigenvalue weighted by Crippen LogP contribution is 2.14. The quantitative estimate of drug-likeness (QED) is 0.199. The molecule has 202 valence electrons. The van der Waals surface area contributed by atoms with E-state index in [0.717, 1.165) is 6.07 Å². The van der Waals surface area contributed by atoms with E-state index in [1.54, 1.807) is 18.2 Å². The molecule has 14 heteroatoms. The first kappa shape index (κ1) is 28.1. The van der Waals surface area contributed by atoms with E-state index in [9.17, 15) is 32.7 Å². The lowest BCUT2D eigenvalue weighted by molar-refractivity contribution is -0.138. The van der Waals surface area contributed by atoms with Crippen LogP contribution in [0.1, 0.15) is 16.8 Å². The largest absolute Gasteiger partial charge is 0.492 e. The number of aliphatic carboxylic acids is 1. The Labute approximate surface area is 217 Å². The average molecular weight is 546 g/mol. The zero-order valence-electron chi connectivity index (χ0n) is 20.3. The fourth-order valence-electron chi connectivity index (χ4n) is 3.30. The van der Waals surface area contributed by atoms with Gasteiger partial charge in [-0.2, -0.15) is 4.72 Å². The second-order valence-corrected chi connectivity index (χ2v) is 9.70. The van der Waals surface area contributed by atoms with Gasteiger partial charge in [0, 0.05) is 37.3 Å². The summed E-state index contributed by atoms with van der Waals surface area (Å²) in [5, 5.41) is 16.9. The normalized spacial score (nSPS) is 11.9. The van der Waals surface area contributed by atoms with Crippen molar-refractivity contribution in [3.8, 4) is 5.75 Å². The fourth-order valence-corrected chi connectivity index (χ4v) is 4.52. The number of rotatable bonds is 12. The number of nitrogens with zero attached hydrogens (tertiary/aromatic N) is 1. The lowest BCUT2D eigenvalue weighted by Crippen LogP contribution is -2.48. The van der Waals surface area contributed by atoms with Crippen LogP contribution in [0.3, 0.4) is 0 Å². The van der Waals surface area contributed by atoms with Gasteiger partial charge >= 0.3 is 12.0 Å². The Morgan fingerprint density at radius 3 is 2.47 bits per heavy atom. The van der Waals surface area contributed by atoms with Gasteiger partial charge in [-0.1, -0.05) is 18.2 Å². The van der Waals surface area contributed by atoms with Crippen molar-refractivity contribution in [1.29, 1.82) is 0 Å². The summed E-state index contributed by atoms with van der Waals surface area (Å²) in [6.45, 7) is 0.146. The highest BCUT2D eigenvalue weighted by atomic mass is 32.2. The molecule has 2 heterocycles. The number of benzene rings is 1.